The Morgan fingerprint density at radius 3 is 2.45 bits per heavy atom. The smallest absolute Gasteiger partial charge is 0.250 e. The van der Waals surface area contributed by atoms with Gasteiger partial charge in [-0.05, 0) is 31.2 Å². The van der Waals surface area contributed by atoms with E-state index in [0.29, 0.717) is 5.69 Å². The molecule has 0 spiro atoms. The molecule has 20 heavy (non-hydrogen) atoms. The summed E-state index contributed by atoms with van der Waals surface area (Å²) in [6.07, 6.45) is 0. The zero-order valence-electron chi connectivity index (χ0n) is 11.0. The Bertz CT molecular complexity index is 594. The molecule has 0 unspecified atom stereocenters. The third-order valence-electron chi connectivity index (χ3n) is 3.02. The highest BCUT2D eigenvalue weighted by Gasteiger charge is 2.32. The molecule has 1 aliphatic rings. The molecule has 110 valence electrons. The normalized spacial score (nSPS) is 17.3. The van der Waals surface area contributed by atoms with Crippen molar-refractivity contribution in [2.75, 3.05) is 25.0 Å². The van der Waals surface area contributed by atoms with Crippen molar-refractivity contribution >= 4 is 21.6 Å². The van der Waals surface area contributed by atoms with E-state index in [2.05, 4.69) is 10.6 Å². The van der Waals surface area contributed by atoms with Gasteiger partial charge in [-0.15, -0.1) is 0 Å². The summed E-state index contributed by atoms with van der Waals surface area (Å²) in [5, 5.41) is 10.7. The van der Waals surface area contributed by atoms with Crippen molar-refractivity contribution in [1.29, 1.82) is 0 Å². The Morgan fingerprint density at radius 1 is 1.40 bits per heavy atom. The lowest BCUT2D eigenvalue weighted by Crippen LogP contribution is -2.59. The fraction of sp³-hybridized carbons (Fsp3) is 0.417. The lowest BCUT2D eigenvalue weighted by atomic mass is 10.0. The Morgan fingerprint density at radius 2 is 2.00 bits per heavy atom. The molecule has 0 radical (unpaired) electrons. The lowest BCUT2D eigenvalue weighted by molar-refractivity contribution is -0.130. The van der Waals surface area contributed by atoms with Crippen molar-refractivity contribution in [3.63, 3.8) is 0 Å². The average Bonchev–Trinajstić information content (AvgIpc) is 2.33. The molecule has 1 aromatic rings. The number of carbonyl (C=O) groups is 1. The summed E-state index contributed by atoms with van der Waals surface area (Å²) in [6.45, 7) is 3.33. The maximum Gasteiger partial charge on any atom is 0.250 e. The zero-order valence-corrected chi connectivity index (χ0v) is 11.9. The van der Waals surface area contributed by atoms with Crippen molar-refractivity contribution in [2.45, 2.75) is 17.4 Å². The van der Waals surface area contributed by atoms with Crippen molar-refractivity contribution in [1.82, 2.24) is 5.32 Å². The topological polar surface area (TPSA) is 111 Å². The maximum atomic E-state index is 11.7. The van der Waals surface area contributed by atoms with Crippen LogP contribution in [-0.2, 0) is 19.6 Å². The van der Waals surface area contributed by atoms with Crippen LogP contribution in [0.5, 0.6) is 0 Å². The van der Waals surface area contributed by atoms with E-state index >= 15 is 0 Å². The number of nitrogens with one attached hydrogen (secondary N) is 2. The van der Waals surface area contributed by atoms with Crippen molar-refractivity contribution < 1.29 is 17.9 Å². The zero-order chi connectivity index (χ0) is 14.8. The first-order chi connectivity index (χ1) is 9.28. The summed E-state index contributed by atoms with van der Waals surface area (Å²) in [5.74, 6) is -0.290. The van der Waals surface area contributed by atoms with E-state index in [4.69, 9.17) is 9.88 Å². The number of sulfonamides is 1. The molecule has 2 rings (SSSR count). The van der Waals surface area contributed by atoms with E-state index in [9.17, 15) is 13.2 Å². The molecule has 1 aliphatic heterocycles. The van der Waals surface area contributed by atoms with Gasteiger partial charge in [0.05, 0.1) is 10.5 Å². The van der Waals surface area contributed by atoms with Gasteiger partial charge in [0.2, 0.25) is 15.9 Å². The van der Waals surface area contributed by atoms with Gasteiger partial charge in [0, 0.05) is 18.8 Å². The van der Waals surface area contributed by atoms with Gasteiger partial charge in [-0.2, -0.15) is 0 Å². The van der Waals surface area contributed by atoms with E-state index in [1.54, 1.807) is 0 Å². The second kappa shape index (κ2) is 5.49. The van der Waals surface area contributed by atoms with Crippen molar-refractivity contribution in [3.8, 4) is 0 Å². The Kier molecular flexibility index (Phi) is 4.09. The molecule has 1 fully saturated rings. The van der Waals surface area contributed by atoms with Crippen LogP contribution in [0.3, 0.4) is 0 Å². The minimum absolute atomic E-state index is 0.000183. The molecule has 1 amide bonds. The largest absolute Gasteiger partial charge is 0.363 e. The van der Waals surface area contributed by atoms with E-state index in [-0.39, 0.29) is 23.0 Å². The summed E-state index contributed by atoms with van der Waals surface area (Å²) in [7, 11) is -3.72. The number of nitrogens with two attached hydrogens (primary N) is 1. The quantitative estimate of drug-likeness (QED) is 0.688. The van der Waals surface area contributed by atoms with E-state index in [0.717, 1.165) is 13.1 Å². The summed E-state index contributed by atoms with van der Waals surface area (Å²) >= 11 is 0. The predicted octanol–water partition coefficient (Wildman–Crippen LogP) is -0.349. The van der Waals surface area contributed by atoms with Crippen LogP contribution in [0.25, 0.3) is 0 Å². The van der Waals surface area contributed by atoms with Crippen molar-refractivity contribution in [3.05, 3.63) is 24.3 Å². The lowest BCUT2D eigenvalue weighted by Gasteiger charge is -2.38. The van der Waals surface area contributed by atoms with Gasteiger partial charge in [0.25, 0.3) is 0 Å². The number of amides is 1. The van der Waals surface area contributed by atoms with Gasteiger partial charge >= 0.3 is 0 Å². The highest BCUT2D eigenvalue weighted by molar-refractivity contribution is 7.89. The number of hydrogen-bond acceptors (Lipinski definition) is 5. The molecule has 0 bridgehead atoms. The van der Waals surface area contributed by atoms with Gasteiger partial charge < -0.3 is 15.4 Å². The molecule has 8 heteroatoms. The summed E-state index contributed by atoms with van der Waals surface area (Å²) in [4.78, 5) is 11.7. The number of rotatable bonds is 5. The molecule has 1 saturated heterocycles. The Balaban J connectivity index is 1.88. The fourth-order valence-electron chi connectivity index (χ4n) is 1.74. The minimum atomic E-state index is -3.72. The molecular formula is C12H17N3O4S. The predicted molar refractivity (Wildman–Crippen MR) is 73.7 cm³/mol. The van der Waals surface area contributed by atoms with Crippen molar-refractivity contribution in [2.24, 2.45) is 5.14 Å². The molecule has 0 aromatic heterocycles. The molecule has 4 N–H and O–H groups in total. The summed E-state index contributed by atoms with van der Waals surface area (Å²) in [6, 6.07) is 5.63. The minimum Gasteiger partial charge on any atom is -0.363 e. The van der Waals surface area contributed by atoms with Crippen LogP contribution in [-0.4, -0.2) is 39.6 Å². The van der Waals surface area contributed by atoms with Crippen LogP contribution >= 0.6 is 0 Å². The third kappa shape index (κ3) is 3.76. The van der Waals surface area contributed by atoms with Gasteiger partial charge in [0.15, 0.2) is 0 Å². The van der Waals surface area contributed by atoms with Crippen LogP contribution in [0, 0.1) is 0 Å². The number of anilines is 1. The summed E-state index contributed by atoms with van der Waals surface area (Å²) in [5.41, 5.74) is 0.206. The molecule has 0 saturated carbocycles. The Hall–Kier alpha value is -1.48. The first-order valence-corrected chi connectivity index (χ1v) is 7.61. The number of hydrogen-bond donors (Lipinski definition) is 3. The third-order valence-corrected chi connectivity index (χ3v) is 3.95. The average molecular weight is 299 g/mol. The first-order valence-electron chi connectivity index (χ1n) is 6.06. The maximum absolute atomic E-state index is 11.7. The van der Waals surface area contributed by atoms with Gasteiger partial charge in [-0.25, -0.2) is 13.6 Å². The SMILES string of the molecule is CC1(OCC(=O)Nc2ccc(S(N)(=O)=O)cc2)CNC1. The highest BCUT2D eigenvalue weighted by Crippen LogP contribution is 2.16. The molecule has 0 aliphatic carbocycles. The van der Waals surface area contributed by atoms with Gasteiger partial charge in [-0.1, -0.05) is 0 Å². The second-order valence-corrected chi connectivity index (χ2v) is 6.52. The molecule has 1 aromatic carbocycles. The fourth-order valence-corrected chi connectivity index (χ4v) is 2.26. The van der Waals surface area contributed by atoms with Crippen LogP contribution in [0.15, 0.2) is 29.2 Å². The molecule has 0 atom stereocenters. The Labute approximate surface area is 117 Å². The van der Waals surface area contributed by atoms with Crippen LogP contribution in [0.1, 0.15) is 6.92 Å². The molecular weight excluding hydrogens is 282 g/mol. The second-order valence-electron chi connectivity index (χ2n) is 4.96. The molecule has 7 nitrogen and oxygen atoms in total. The van der Waals surface area contributed by atoms with E-state index in [1.165, 1.54) is 24.3 Å². The number of benzene rings is 1. The number of ether oxygens (including phenoxy) is 1. The number of primary sulfonamides is 1. The highest BCUT2D eigenvalue weighted by atomic mass is 32.2. The van der Waals surface area contributed by atoms with E-state index in [1.807, 2.05) is 6.92 Å². The van der Waals surface area contributed by atoms with Crippen LogP contribution < -0.4 is 15.8 Å². The molecule has 1 heterocycles. The van der Waals surface area contributed by atoms with Crippen LogP contribution in [0.2, 0.25) is 0 Å². The standard InChI is InChI=1S/C12H17N3O4S/c1-12(7-14-8-12)19-6-11(16)15-9-2-4-10(5-3-9)20(13,17)18/h2-5,14H,6-8H2,1H3,(H,15,16)(H2,13,17,18). The van der Waals surface area contributed by atoms with Gasteiger partial charge in [-0.3, -0.25) is 4.79 Å². The monoisotopic (exact) mass is 299 g/mol. The van der Waals surface area contributed by atoms with Gasteiger partial charge in [0.1, 0.15) is 6.61 Å². The number of carbonyl (C=O) groups excluding carboxylic acids is 1. The van der Waals surface area contributed by atoms with E-state index < -0.39 is 10.0 Å². The summed E-state index contributed by atoms with van der Waals surface area (Å²) < 4.78 is 27.7. The van der Waals surface area contributed by atoms with Crippen LogP contribution in [0.4, 0.5) is 5.69 Å². The first kappa shape index (κ1) is 14.9.